The first-order chi connectivity index (χ1) is 17.1. The molecule has 5 rings (SSSR count). The zero-order valence-corrected chi connectivity index (χ0v) is 20.1. The highest BCUT2D eigenvalue weighted by Crippen LogP contribution is 2.34. The quantitative estimate of drug-likeness (QED) is 0.399. The van der Waals surface area contributed by atoms with Crippen molar-refractivity contribution in [2.45, 2.75) is 52.2 Å². The Kier molecular flexibility index (Phi) is 6.76. The minimum absolute atomic E-state index is 0.108. The molecule has 0 atom stereocenters. The number of carbonyl (C=O) groups excluding carboxylic acids is 1. The highest BCUT2D eigenvalue weighted by Gasteiger charge is 2.22. The standard InChI is InChI=1S/C26H30N6O3/c1-3-32-25-21(15-29-32)24(30-19-8-10-34-11-9-19)22(14-28-25)26-31-20(16-35-26)12-23(33)27-13-18-6-4-17(2)5-7-18/h4-7,14-16,19H,3,8-13H2,1-2H3,(H,27,33)(H,28,30). The molecule has 1 saturated heterocycles. The van der Waals surface area contributed by atoms with Crippen LogP contribution in [0.3, 0.4) is 0 Å². The van der Waals surface area contributed by atoms with Crippen molar-refractivity contribution < 1.29 is 13.9 Å². The summed E-state index contributed by atoms with van der Waals surface area (Å²) in [6, 6.07) is 8.38. The molecule has 4 heterocycles. The molecular formula is C26H30N6O3. The maximum Gasteiger partial charge on any atom is 0.229 e. The van der Waals surface area contributed by atoms with Crippen LogP contribution in [0.5, 0.6) is 0 Å². The summed E-state index contributed by atoms with van der Waals surface area (Å²) in [6.07, 6.45) is 7.12. The number of fused-ring (bicyclic) bond motifs is 1. The second kappa shape index (κ2) is 10.3. The zero-order chi connectivity index (χ0) is 24.2. The Hall–Kier alpha value is -3.72. The minimum Gasteiger partial charge on any atom is -0.444 e. The number of carbonyl (C=O) groups is 1. The Labute approximate surface area is 203 Å². The molecular weight excluding hydrogens is 444 g/mol. The van der Waals surface area contributed by atoms with Gasteiger partial charge in [-0.05, 0) is 32.3 Å². The predicted octanol–water partition coefficient (Wildman–Crippen LogP) is 3.86. The van der Waals surface area contributed by atoms with Gasteiger partial charge in [0.1, 0.15) is 6.26 Å². The Balaban J connectivity index is 1.35. The number of hydrogen-bond acceptors (Lipinski definition) is 7. The van der Waals surface area contributed by atoms with Crippen LogP contribution in [0.25, 0.3) is 22.5 Å². The molecule has 0 saturated carbocycles. The Morgan fingerprint density at radius 2 is 1.97 bits per heavy atom. The van der Waals surface area contributed by atoms with E-state index in [1.807, 2.05) is 49.0 Å². The zero-order valence-electron chi connectivity index (χ0n) is 20.1. The second-order valence-corrected chi connectivity index (χ2v) is 8.86. The van der Waals surface area contributed by atoms with Gasteiger partial charge in [0, 0.05) is 38.5 Å². The van der Waals surface area contributed by atoms with Gasteiger partial charge in [0.25, 0.3) is 0 Å². The summed E-state index contributed by atoms with van der Waals surface area (Å²) in [5.41, 5.74) is 5.29. The topological polar surface area (TPSA) is 107 Å². The Bertz CT molecular complexity index is 1300. The first-order valence-electron chi connectivity index (χ1n) is 12.1. The number of ether oxygens (including phenoxy) is 1. The van der Waals surface area contributed by atoms with Gasteiger partial charge in [-0.1, -0.05) is 29.8 Å². The molecule has 4 aromatic rings. The normalized spacial score (nSPS) is 14.3. The number of rotatable bonds is 8. The maximum atomic E-state index is 12.5. The lowest BCUT2D eigenvalue weighted by molar-refractivity contribution is -0.120. The molecule has 0 spiro atoms. The van der Waals surface area contributed by atoms with Crippen LogP contribution in [-0.2, 0) is 29.0 Å². The smallest absolute Gasteiger partial charge is 0.229 e. The molecule has 9 heteroatoms. The van der Waals surface area contributed by atoms with Crippen molar-refractivity contribution in [2.24, 2.45) is 0 Å². The fraction of sp³-hybridized carbons (Fsp3) is 0.385. The summed E-state index contributed by atoms with van der Waals surface area (Å²) < 4.78 is 13.2. The van der Waals surface area contributed by atoms with Crippen molar-refractivity contribution in [3.8, 4) is 11.5 Å². The van der Waals surface area contributed by atoms with E-state index in [0.717, 1.165) is 60.4 Å². The Morgan fingerprint density at radius 1 is 1.17 bits per heavy atom. The summed E-state index contributed by atoms with van der Waals surface area (Å²) in [4.78, 5) is 21.8. The van der Waals surface area contributed by atoms with Crippen LogP contribution in [-0.4, -0.2) is 44.9 Å². The number of nitrogens with zero attached hydrogens (tertiary/aromatic N) is 4. The second-order valence-electron chi connectivity index (χ2n) is 8.86. The molecule has 182 valence electrons. The summed E-state index contributed by atoms with van der Waals surface area (Å²) in [5, 5.41) is 12.0. The van der Waals surface area contributed by atoms with E-state index in [1.54, 1.807) is 12.5 Å². The molecule has 0 radical (unpaired) electrons. The lowest BCUT2D eigenvalue weighted by atomic mass is 10.1. The number of anilines is 1. The van der Waals surface area contributed by atoms with Gasteiger partial charge in [-0.2, -0.15) is 5.10 Å². The van der Waals surface area contributed by atoms with Crippen molar-refractivity contribution in [3.05, 3.63) is 59.7 Å². The van der Waals surface area contributed by atoms with E-state index >= 15 is 0 Å². The fourth-order valence-electron chi connectivity index (χ4n) is 4.27. The highest BCUT2D eigenvalue weighted by molar-refractivity contribution is 5.96. The van der Waals surface area contributed by atoms with Crippen LogP contribution in [0.4, 0.5) is 5.69 Å². The molecule has 9 nitrogen and oxygen atoms in total. The van der Waals surface area contributed by atoms with Crippen molar-refractivity contribution in [2.75, 3.05) is 18.5 Å². The van der Waals surface area contributed by atoms with Crippen LogP contribution in [0.15, 0.2) is 47.3 Å². The minimum atomic E-state index is -0.108. The first kappa shape index (κ1) is 23.0. The molecule has 1 aliphatic rings. The van der Waals surface area contributed by atoms with E-state index in [1.165, 1.54) is 5.56 Å². The van der Waals surface area contributed by atoms with Crippen molar-refractivity contribution >= 4 is 22.6 Å². The highest BCUT2D eigenvalue weighted by atomic mass is 16.5. The number of aromatic nitrogens is 4. The van der Waals surface area contributed by atoms with Gasteiger partial charge in [0.15, 0.2) is 5.65 Å². The van der Waals surface area contributed by atoms with Gasteiger partial charge in [-0.15, -0.1) is 0 Å². The number of oxazole rings is 1. The summed E-state index contributed by atoms with van der Waals surface area (Å²) in [6.45, 7) is 6.75. The summed E-state index contributed by atoms with van der Waals surface area (Å²) >= 11 is 0. The molecule has 1 amide bonds. The molecule has 1 aliphatic heterocycles. The van der Waals surface area contributed by atoms with Gasteiger partial charge in [0.05, 0.1) is 34.9 Å². The predicted molar refractivity (Wildman–Crippen MR) is 133 cm³/mol. The molecule has 35 heavy (non-hydrogen) atoms. The number of hydrogen-bond donors (Lipinski definition) is 2. The van der Waals surface area contributed by atoms with Crippen molar-refractivity contribution in [3.63, 3.8) is 0 Å². The SMILES string of the molecule is CCn1ncc2c(NC3CCOCC3)c(-c3nc(CC(=O)NCc4ccc(C)cc4)co3)cnc21. The third-order valence-electron chi connectivity index (χ3n) is 6.27. The van der Waals surface area contributed by atoms with E-state index < -0.39 is 0 Å². The molecule has 0 bridgehead atoms. The number of amides is 1. The molecule has 3 aromatic heterocycles. The number of nitrogens with one attached hydrogen (secondary N) is 2. The third-order valence-corrected chi connectivity index (χ3v) is 6.27. The average molecular weight is 475 g/mol. The number of aryl methyl sites for hydroxylation is 2. The largest absolute Gasteiger partial charge is 0.444 e. The maximum absolute atomic E-state index is 12.5. The molecule has 0 aliphatic carbocycles. The van der Waals surface area contributed by atoms with E-state index in [-0.39, 0.29) is 18.4 Å². The van der Waals surface area contributed by atoms with E-state index in [9.17, 15) is 4.79 Å². The summed E-state index contributed by atoms with van der Waals surface area (Å²) in [5.74, 6) is 0.323. The van der Waals surface area contributed by atoms with Gasteiger partial charge >= 0.3 is 0 Å². The third kappa shape index (κ3) is 5.19. The number of benzene rings is 1. The lowest BCUT2D eigenvalue weighted by Crippen LogP contribution is -2.28. The molecule has 1 aromatic carbocycles. The molecule has 1 fully saturated rings. The Morgan fingerprint density at radius 3 is 2.74 bits per heavy atom. The lowest BCUT2D eigenvalue weighted by Gasteiger charge is -2.25. The average Bonchev–Trinajstić information content (AvgIpc) is 3.51. The monoisotopic (exact) mass is 474 g/mol. The van der Waals surface area contributed by atoms with Crippen LogP contribution in [0, 0.1) is 6.92 Å². The van der Waals surface area contributed by atoms with Crippen LogP contribution < -0.4 is 10.6 Å². The van der Waals surface area contributed by atoms with E-state index in [0.29, 0.717) is 18.1 Å². The van der Waals surface area contributed by atoms with Crippen LogP contribution in [0.2, 0.25) is 0 Å². The van der Waals surface area contributed by atoms with E-state index in [2.05, 4.69) is 25.7 Å². The molecule has 0 unspecified atom stereocenters. The fourth-order valence-corrected chi connectivity index (χ4v) is 4.27. The number of pyridine rings is 1. The van der Waals surface area contributed by atoms with Gasteiger partial charge in [-0.3, -0.25) is 4.79 Å². The van der Waals surface area contributed by atoms with Crippen molar-refractivity contribution in [1.29, 1.82) is 0 Å². The molecule has 2 N–H and O–H groups in total. The van der Waals surface area contributed by atoms with Crippen molar-refractivity contribution in [1.82, 2.24) is 25.1 Å². The summed E-state index contributed by atoms with van der Waals surface area (Å²) in [7, 11) is 0. The van der Waals surface area contributed by atoms with Gasteiger partial charge in [0.2, 0.25) is 11.8 Å². The van der Waals surface area contributed by atoms with Gasteiger partial charge < -0.3 is 19.8 Å². The van der Waals surface area contributed by atoms with Crippen LogP contribution in [0.1, 0.15) is 36.6 Å². The van der Waals surface area contributed by atoms with E-state index in [4.69, 9.17) is 9.15 Å². The van der Waals surface area contributed by atoms with Crippen LogP contribution >= 0.6 is 0 Å². The first-order valence-corrected chi connectivity index (χ1v) is 12.1. The van der Waals surface area contributed by atoms with Gasteiger partial charge in [-0.25, -0.2) is 14.6 Å².